The largest absolute Gasteiger partial charge is 0.507 e. The van der Waals surface area contributed by atoms with Crippen molar-refractivity contribution in [1.29, 1.82) is 0 Å². The van der Waals surface area contributed by atoms with Crippen LogP contribution < -0.4 is 0 Å². The molecule has 0 amide bonds. The van der Waals surface area contributed by atoms with Crippen LogP contribution >= 0.6 is 11.3 Å². The highest BCUT2D eigenvalue weighted by molar-refractivity contribution is 7.19. The number of imidazole rings is 1. The van der Waals surface area contributed by atoms with Gasteiger partial charge >= 0.3 is 0 Å². The third-order valence-electron chi connectivity index (χ3n) is 3.29. The molecule has 0 atom stereocenters. The molecule has 0 saturated carbocycles. The average molecular weight is 293 g/mol. The van der Waals surface area contributed by atoms with Crippen LogP contribution in [-0.2, 0) is 0 Å². The molecule has 0 radical (unpaired) electrons. The summed E-state index contributed by atoms with van der Waals surface area (Å²) >= 11 is 1.46. The third-order valence-corrected chi connectivity index (χ3v) is 4.25. The Hall–Kier alpha value is -2.66. The van der Waals surface area contributed by atoms with Gasteiger partial charge in [0.15, 0.2) is 5.01 Å². The number of hydrogen-bond donors (Lipinski definition) is 1. The molecule has 0 unspecified atom stereocenters. The smallest absolute Gasteiger partial charge is 0.213 e. The SMILES string of the molecule is Oc1ccccc1-c1nn2c(-c3ccccc3)cnc2s1. The van der Waals surface area contributed by atoms with Crippen molar-refractivity contribution in [2.24, 2.45) is 0 Å². The Labute approximate surface area is 125 Å². The van der Waals surface area contributed by atoms with Crippen LogP contribution in [-0.4, -0.2) is 19.7 Å². The maximum Gasteiger partial charge on any atom is 0.213 e. The lowest BCUT2D eigenvalue weighted by molar-refractivity contribution is 0.477. The molecule has 0 aliphatic heterocycles. The highest BCUT2D eigenvalue weighted by Crippen LogP contribution is 2.33. The first-order valence-corrected chi connectivity index (χ1v) is 7.33. The first-order chi connectivity index (χ1) is 10.3. The topological polar surface area (TPSA) is 50.4 Å². The van der Waals surface area contributed by atoms with E-state index in [1.165, 1.54) is 11.3 Å². The van der Waals surface area contributed by atoms with Crippen molar-refractivity contribution >= 4 is 16.3 Å². The maximum atomic E-state index is 9.95. The number of aromatic hydroxyl groups is 1. The molecule has 4 rings (SSSR count). The van der Waals surface area contributed by atoms with E-state index in [4.69, 9.17) is 0 Å². The molecule has 0 aliphatic rings. The Bertz CT molecular complexity index is 912. The van der Waals surface area contributed by atoms with Gasteiger partial charge in [0.2, 0.25) is 4.96 Å². The molecule has 0 aliphatic carbocycles. The second kappa shape index (κ2) is 4.71. The zero-order valence-electron chi connectivity index (χ0n) is 11.0. The number of hydrogen-bond acceptors (Lipinski definition) is 4. The van der Waals surface area contributed by atoms with Gasteiger partial charge in [-0.25, -0.2) is 9.50 Å². The van der Waals surface area contributed by atoms with Gasteiger partial charge in [0.25, 0.3) is 0 Å². The van der Waals surface area contributed by atoms with Crippen molar-refractivity contribution in [3.8, 4) is 27.6 Å². The first kappa shape index (κ1) is 12.1. The number of phenols is 1. The van der Waals surface area contributed by atoms with Crippen LogP contribution in [0.5, 0.6) is 5.75 Å². The number of benzene rings is 2. The molecule has 0 fully saturated rings. The van der Waals surface area contributed by atoms with E-state index in [2.05, 4.69) is 10.1 Å². The highest BCUT2D eigenvalue weighted by Gasteiger charge is 2.14. The fourth-order valence-corrected chi connectivity index (χ4v) is 3.17. The molecule has 2 aromatic carbocycles. The average Bonchev–Trinajstić information content (AvgIpc) is 3.08. The Balaban J connectivity index is 1.89. The third kappa shape index (κ3) is 1.98. The highest BCUT2D eigenvalue weighted by atomic mass is 32.1. The van der Waals surface area contributed by atoms with Crippen LogP contribution in [0, 0.1) is 0 Å². The van der Waals surface area contributed by atoms with Gasteiger partial charge in [0.05, 0.1) is 17.5 Å². The van der Waals surface area contributed by atoms with Crippen molar-refractivity contribution < 1.29 is 5.11 Å². The summed E-state index contributed by atoms with van der Waals surface area (Å²) in [7, 11) is 0. The molecule has 0 saturated heterocycles. The molecule has 2 heterocycles. The lowest BCUT2D eigenvalue weighted by Gasteiger charge is -1.99. The van der Waals surface area contributed by atoms with Gasteiger partial charge < -0.3 is 5.11 Å². The predicted molar refractivity (Wildman–Crippen MR) is 83.4 cm³/mol. The summed E-state index contributed by atoms with van der Waals surface area (Å²) in [6.45, 7) is 0. The summed E-state index contributed by atoms with van der Waals surface area (Å²) in [5.74, 6) is 0.232. The van der Waals surface area contributed by atoms with E-state index in [1.54, 1.807) is 12.1 Å². The molecule has 0 spiro atoms. The van der Waals surface area contributed by atoms with Crippen molar-refractivity contribution in [1.82, 2.24) is 14.6 Å². The summed E-state index contributed by atoms with van der Waals surface area (Å²) < 4.78 is 1.82. The summed E-state index contributed by atoms with van der Waals surface area (Å²) in [5, 5.41) is 15.3. The van der Waals surface area contributed by atoms with E-state index in [0.717, 1.165) is 26.8 Å². The molecule has 4 aromatic rings. The second-order valence-electron chi connectivity index (χ2n) is 4.63. The number of rotatable bonds is 2. The summed E-state index contributed by atoms with van der Waals surface area (Å²) in [6.07, 6.45) is 1.82. The standard InChI is InChI=1S/C16H11N3OS/c20-14-9-5-4-8-12(14)15-18-19-13(10-17-16(19)21-15)11-6-2-1-3-7-11/h1-10,20H. The van der Waals surface area contributed by atoms with Crippen LogP contribution in [0.2, 0.25) is 0 Å². The van der Waals surface area contributed by atoms with E-state index >= 15 is 0 Å². The van der Waals surface area contributed by atoms with Gasteiger partial charge in [-0.15, -0.1) is 0 Å². The number of para-hydroxylation sites is 1. The van der Waals surface area contributed by atoms with Crippen molar-refractivity contribution in [3.05, 3.63) is 60.8 Å². The fraction of sp³-hybridized carbons (Fsp3) is 0. The van der Waals surface area contributed by atoms with Crippen LogP contribution in [0.1, 0.15) is 0 Å². The van der Waals surface area contributed by atoms with E-state index in [9.17, 15) is 5.11 Å². The van der Waals surface area contributed by atoms with Gasteiger partial charge in [-0.1, -0.05) is 53.8 Å². The minimum absolute atomic E-state index is 0.232. The normalized spacial score (nSPS) is 11.0. The molecule has 102 valence electrons. The fourth-order valence-electron chi connectivity index (χ4n) is 2.26. The molecule has 2 aromatic heterocycles. The zero-order valence-corrected chi connectivity index (χ0v) is 11.8. The lowest BCUT2D eigenvalue weighted by Crippen LogP contribution is -1.88. The van der Waals surface area contributed by atoms with Crippen LogP contribution in [0.3, 0.4) is 0 Å². The molecule has 4 nitrogen and oxygen atoms in total. The Morgan fingerprint density at radius 1 is 0.952 bits per heavy atom. The molecule has 0 bridgehead atoms. The number of phenolic OH excluding ortho intramolecular Hbond substituents is 1. The molecule has 5 heteroatoms. The minimum atomic E-state index is 0.232. The molecular weight excluding hydrogens is 282 g/mol. The van der Waals surface area contributed by atoms with Gasteiger partial charge in [-0.05, 0) is 12.1 Å². The number of fused-ring (bicyclic) bond motifs is 1. The van der Waals surface area contributed by atoms with E-state index < -0.39 is 0 Å². The monoisotopic (exact) mass is 293 g/mol. The Morgan fingerprint density at radius 2 is 1.71 bits per heavy atom. The van der Waals surface area contributed by atoms with Crippen LogP contribution in [0.4, 0.5) is 0 Å². The maximum absolute atomic E-state index is 9.95. The summed E-state index contributed by atoms with van der Waals surface area (Å²) in [5.41, 5.74) is 2.75. The van der Waals surface area contributed by atoms with Gasteiger partial charge in [-0.2, -0.15) is 5.10 Å². The lowest BCUT2D eigenvalue weighted by atomic mass is 10.2. The predicted octanol–water partition coefficient (Wildman–Crippen LogP) is 3.83. The van der Waals surface area contributed by atoms with Gasteiger partial charge in [0, 0.05) is 5.56 Å². The van der Waals surface area contributed by atoms with E-state index in [0.29, 0.717) is 0 Å². The van der Waals surface area contributed by atoms with E-state index in [1.807, 2.05) is 53.2 Å². The van der Waals surface area contributed by atoms with Crippen LogP contribution in [0.25, 0.3) is 26.8 Å². The number of aromatic nitrogens is 3. The molecule has 1 N–H and O–H groups in total. The van der Waals surface area contributed by atoms with Gasteiger partial charge in [0.1, 0.15) is 5.75 Å². The van der Waals surface area contributed by atoms with E-state index in [-0.39, 0.29) is 5.75 Å². The molecule has 21 heavy (non-hydrogen) atoms. The summed E-state index contributed by atoms with van der Waals surface area (Å²) in [4.78, 5) is 5.22. The van der Waals surface area contributed by atoms with Crippen LogP contribution in [0.15, 0.2) is 60.8 Å². The molecular formula is C16H11N3OS. The Morgan fingerprint density at radius 3 is 2.52 bits per heavy atom. The quantitative estimate of drug-likeness (QED) is 0.611. The van der Waals surface area contributed by atoms with Crippen molar-refractivity contribution in [2.45, 2.75) is 0 Å². The van der Waals surface area contributed by atoms with Gasteiger partial charge in [-0.3, -0.25) is 0 Å². The van der Waals surface area contributed by atoms with Crippen molar-refractivity contribution in [3.63, 3.8) is 0 Å². The second-order valence-corrected chi connectivity index (χ2v) is 5.58. The first-order valence-electron chi connectivity index (χ1n) is 6.51. The zero-order chi connectivity index (χ0) is 14.2. The number of nitrogens with zero attached hydrogens (tertiary/aromatic N) is 3. The minimum Gasteiger partial charge on any atom is -0.507 e. The summed E-state index contributed by atoms with van der Waals surface area (Å²) in [6, 6.07) is 17.2. The Kier molecular flexibility index (Phi) is 2.72. The van der Waals surface area contributed by atoms with Crippen molar-refractivity contribution in [2.75, 3.05) is 0 Å².